The molecule has 1 fully saturated rings. The Balaban J connectivity index is 2.00. The zero-order chi connectivity index (χ0) is 18.9. The van der Waals surface area contributed by atoms with Crippen molar-refractivity contribution in [2.75, 3.05) is 0 Å². The first-order valence-corrected chi connectivity index (χ1v) is 10.2. The van der Waals surface area contributed by atoms with Crippen LogP contribution in [0.4, 0.5) is 0 Å². The largest absolute Gasteiger partial charge is 0.443 e. The highest BCUT2D eigenvalue weighted by Gasteiger charge is 2.24. The molecule has 1 saturated carbocycles. The van der Waals surface area contributed by atoms with Crippen LogP contribution in [-0.2, 0) is 17.3 Å². The van der Waals surface area contributed by atoms with Gasteiger partial charge in [0.2, 0.25) is 0 Å². The van der Waals surface area contributed by atoms with Crippen LogP contribution in [0.1, 0.15) is 90.5 Å². The fraction of sp³-hybridized carbons (Fsp3) is 0.625. The van der Waals surface area contributed by atoms with Gasteiger partial charge in [-0.2, -0.15) is 0 Å². The molecule has 2 heteroatoms. The summed E-state index contributed by atoms with van der Waals surface area (Å²) in [5.74, 6) is 1.74. The molecule has 0 radical (unpaired) electrons. The van der Waals surface area contributed by atoms with Crippen molar-refractivity contribution in [2.24, 2.45) is 5.92 Å². The minimum Gasteiger partial charge on any atom is -0.443 e. The molecule has 0 atom stereocenters. The first-order valence-electron chi connectivity index (χ1n) is 10.2. The van der Waals surface area contributed by atoms with E-state index in [-0.39, 0.29) is 10.8 Å². The Kier molecular flexibility index (Phi) is 5.33. The van der Waals surface area contributed by atoms with Crippen LogP contribution in [0.5, 0.6) is 0 Å². The molecule has 0 N–H and O–H groups in total. The molecule has 0 aliphatic heterocycles. The molecule has 142 valence electrons. The van der Waals surface area contributed by atoms with E-state index in [2.05, 4.69) is 64.7 Å². The van der Waals surface area contributed by atoms with Gasteiger partial charge in [0, 0.05) is 5.56 Å². The summed E-state index contributed by atoms with van der Waals surface area (Å²) in [5.41, 5.74) is 5.27. The Morgan fingerprint density at radius 1 is 0.885 bits per heavy atom. The van der Waals surface area contributed by atoms with Crippen molar-refractivity contribution >= 4 is 0 Å². The lowest BCUT2D eigenvalue weighted by atomic mass is 9.79. The lowest BCUT2D eigenvalue weighted by Crippen LogP contribution is -2.16. The second kappa shape index (κ2) is 7.21. The smallest absolute Gasteiger partial charge is 0.181 e. The van der Waals surface area contributed by atoms with E-state index in [0.717, 1.165) is 23.8 Å². The maximum absolute atomic E-state index is 5.92. The van der Waals surface area contributed by atoms with Gasteiger partial charge in [0.1, 0.15) is 0 Å². The van der Waals surface area contributed by atoms with Crippen LogP contribution in [0.15, 0.2) is 29.0 Å². The number of hydrogen-bond donors (Lipinski definition) is 0. The highest BCUT2D eigenvalue weighted by molar-refractivity contribution is 5.63. The van der Waals surface area contributed by atoms with E-state index in [1.165, 1.54) is 48.8 Å². The van der Waals surface area contributed by atoms with Crippen LogP contribution >= 0.6 is 0 Å². The second-order valence-corrected chi connectivity index (χ2v) is 10.1. The molecule has 1 aromatic carbocycles. The summed E-state index contributed by atoms with van der Waals surface area (Å²) in [6.45, 7) is 13.7. The highest BCUT2D eigenvalue weighted by atomic mass is 16.3. The Morgan fingerprint density at radius 3 is 2.00 bits per heavy atom. The van der Waals surface area contributed by atoms with Gasteiger partial charge in [-0.1, -0.05) is 79.7 Å². The minimum atomic E-state index is 0.111. The van der Waals surface area contributed by atoms with Gasteiger partial charge in [0.25, 0.3) is 0 Å². The zero-order valence-electron chi connectivity index (χ0n) is 17.5. The fourth-order valence-corrected chi connectivity index (χ4v) is 3.94. The number of benzene rings is 1. The molecule has 0 saturated heterocycles. The maximum Gasteiger partial charge on any atom is 0.181 e. The molecule has 2 nitrogen and oxygen atoms in total. The number of aromatic nitrogens is 1. The number of rotatable bonds is 3. The van der Waals surface area contributed by atoms with Crippen molar-refractivity contribution in [1.29, 1.82) is 0 Å². The second-order valence-electron chi connectivity index (χ2n) is 10.1. The van der Waals surface area contributed by atoms with Crippen LogP contribution in [0.25, 0.3) is 11.3 Å². The van der Waals surface area contributed by atoms with Gasteiger partial charge in [0.05, 0.1) is 5.69 Å². The van der Waals surface area contributed by atoms with E-state index < -0.39 is 0 Å². The van der Waals surface area contributed by atoms with Crippen molar-refractivity contribution in [2.45, 2.75) is 90.9 Å². The lowest BCUT2D eigenvalue weighted by molar-refractivity contribution is 0.354. The molecule has 2 aromatic rings. The van der Waals surface area contributed by atoms with E-state index in [9.17, 15) is 0 Å². The SMILES string of the molecule is CC(C)(C)c1cc(-c2ocnc2CC2CCCCC2)cc(C(C)(C)C)c1. The van der Waals surface area contributed by atoms with Gasteiger partial charge < -0.3 is 4.42 Å². The monoisotopic (exact) mass is 353 g/mol. The maximum atomic E-state index is 5.92. The summed E-state index contributed by atoms with van der Waals surface area (Å²) in [7, 11) is 0. The third-order valence-electron chi connectivity index (χ3n) is 5.78. The van der Waals surface area contributed by atoms with Crippen molar-refractivity contribution < 1.29 is 4.42 Å². The number of hydrogen-bond acceptors (Lipinski definition) is 2. The molecule has 0 spiro atoms. The first kappa shape index (κ1) is 19.2. The van der Waals surface area contributed by atoms with Gasteiger partial charge in [-0.15, -0.1) is 0 Å². The number of oxazole rings is 1. The van der Waals surface area contributed by atoms with Gasteiger partial charge >= 0.3 is 0 Å². The highest BCUT2D eigenvalue weighted by Crippen LogP contribution is 2.36. The van der Waals surface area contributed by atoms with E-state index in [0.29, 0.717) is 0 Å². The van der Waals surface area contributed by atoms with Crippen LogP contribution in [-0.4, -0.2) is 4.98 Å². The summed E-state index contributed by atoms with van der Waals surface area (Å²) in [5, 5.41) is 0. The molecule has 0 bridgehead atoms. The van der Waals surface area contributed by atoms with Crippen LogP contribution in [0.2, 0.25) is 0 Å². The van der Waals surface area contributed by atoms with Gasteiger partial charge in [-0.3, -0.25) is 0 Å². The van der Waals surface area contributed by atoms with Crippen molar-refractivity contribution in [3.63, 3.8) is 0 Å². The number of nitrogens with zero attached hydrogens (tertiary/aromatic N) is 1. The predicted molar refractivity (Wildman–Crippen MR) is 110 cm³/mol. The molecule has 3 rings (SSSR count). The molecule has 1 heterocycles. The molecule has 1 aromatic heterocycles. The Labute approximate surface area is 159 Å². The van der Waals surface area contributed by atoms with Gasteiger partial charge in [-0.05, 0) is 46.4 Å². The third kappa shape index (κ3) is 4.39. The standard InChI is InChI=1S/C24H35NO/c1-23(2,3)19-13-18(14-20(15-19)24(4,5)6)22-21(25-16-26-22)12-17-10-8-7-9-11-17/h13-17H,7-12H2,1-6H3. The molecule has 26 heavy (non-hydrogen) atoms. The van der Waals surface area contributed by atoms with E-state index in [1.807, 2.05) is 0 Å². The molecular formula is C24H35NO. The van der Waals surface area contributed by atoms with Crippen molar-refractivity contribution in [3.05, 3.63) is 41.4 Å². The lowest BCUT2D eigenvalue weighted by Gasteiger charge is -2.26. The Hall–Kier alpha value is -1.57. The predicted octanol–water partition coefficient (Wildman–Crippen LogP) is 7.06. The Bertz CT molecular complexity index is 704. The van der Waals surface area contributed by atoms with Gasteiger partial charge in [-0.25, -0.2) is 4.98 Å². The quantitative estimate of drug-likeness (QED) is 0.590. The molecular weight excluding hydrogens is 318 g/mol. The third-order valence-corrected chi connectivity index (χ3v) is 5.78. The minimum absolute atomic E-state index is 0.111. The van der Waals surface area contributed by atoms with E-state index in [1.54, 1.807) is 6.39 Å². The molecule has 1 aliphatic rings. The van der Waals surface area contributed by atoms with Crippen LogP contribution in [0.3, 0.4) is 0 Å². The first-order chi connectivity index (χ1) is 12.1. The summed E-state index contributed by atoms with van der Waals surface area (Å²) in [4.78, 5) is 4.60. The summed E-state index contributed by atoms with van der Waals surface area (Å²) in [6.07, 6.45) is 9.48. The normalized spacial score (nSPS) is 16.8. The van der Waals surface area contributed by atoms with Crippen LogP contribution in [0, 0.1) is 5.92 Å². The zero-order valence-corrected chi connectivity index (χ0v) is 17.5. The molecule has 1 aliphatic carbocycles. The molecule has 0 unspecified atom stereocenters. The summed E-state index contributed by atoms with van der Waals surface area (Å²) >= 11 is 0. The van der Waals surface area contributed by atoms with E-state index >= 15 is 0 Å². The topological polar surface area (TPSA) is 26.0 Å². The average molecular weight is 354 g/mol. The summed E-state index contributed by atoms with van der Waals surface area (Å²) < 4.78 is 5.92. The van der Waals surface area contributed by atoms with Crippen molar-refractivity contribution in [3.8, 4) is 11.3 Å². The fourth-order valence-electron chi connectivity index (χ4n) is 3.94. The van der Waals surface area contributed by atoms with Gasteiger partial charge in [0.15, 0.2) is 12.2 Å². The van der Waals surface area contributed by atoms with E-state index in [4.69, 9.17) is 4.42 Å². The molecule has 0 amide bonds. The average Bonchev–Trinajstić information content (AvgIpc) is 3.02. The summed E-state index contributed by atoms with van der Waals surface area (Å²) in [6, 6.07) is 6.97. The van der Waals surface area contributed by atoms with Crippen LogP contribution < -0.4 is 0 Å². The Morgan fingerprint density at radius 2 is 1.46 bits per heavy atom. The van der Waals surface area contributed by atoms with Crippen molar-refractivity contribution in [1.82, 2.24) is 4.98 Å².